The lowest BCUT2D eigenvalue weighted by Crippen LogP contribution is -2.37. The van der Waals surface area contributed by atoms with Crippen LogP contribution >= 0.6 is 0 Å². The molecule has 1 amide bonds. The van der Waals surface area contributed by atoms with E-state index in [4.69, 9.17) is 15.2 Å². The van der Waals surface area contributed by atoms with E-state index in [9.17, 15) is 4.79 Å². The minimum atomic E-state index is -0.147. The first kappa shape index (κ1) is 15.3. The summed E-state index contributed by atoms with van der Waals surface area (Å²) >= 11 is 0. The Bertz CT molecular complexity index is 392. The molecule has 1 aromatic carbocycles. The molecule has 1 unspecified atom stereocenters. The number of ether oxygens (including phenoxy) is 2. The molecule has 0 radical (unpaired) electrons. The van der Waals surface area contributed by atoms with Crippen LogP contribution in [0.15, 0.2) is 24.3 Å². The highest BCUT2D eigenvalue weighted by molar-refractivity contribution is 5.78. The van der Waals surface area contributed by atoms with E-state index in [0.717, 1.165) is 11.5 Å². The number of benzene rings is 1. The van der Waals surface area contributed by atoms with Crippen molar-refractivity contribution in [2.75, 3.05) is 33.9 Å². The molecule has 0 fully saturated rings. The van der Waals surface area contributed by atoms with Gasteiger partial charge in [-0.05, 0) is 24.3 Å². The number of rotatable bonds is 7. The second-order valence-electron chi connectivity index (χ2n) is 4.42. The highest BCUT2D eigenvalue weighted by Crippen LogP contribution is 2.16. The van der Waals surface area contributed by atoms with Crippen molar-refractivity contribution < 1.29 is 14.3 Å². The van der Waals surface area contributed by atoms with Crippen molar-refractivity contribution in [1.29, 1.82) is 0 Å². The van der Waals surface area contributed by atoms with Gasteiger partial charge in [-0.2, -0.15) is 0 Å². The van der Waals surface area contributed by atoms with Crippen molar-refractivity contribution in [1.82, 2.24) is 4.90 Å². The lowest BCUT2D eigenvalue weighted by Gasteiger charge is -2.20. The van der Waals surface area contributed by atoms with E-state index in [-0.39, 0.29) is 11.8 Å². The van der Waals surface area contributed by atoms with E-state index in [1.807, 2.05) is 31.2 Å². The lowest BCUT2D eigenvalue weighted by molar-refractivity contribution is -0.133. The predicted molar refractivity (Wildman–Crippen MR) is 74.3 cm³/mol. The Morgan fingerprint density at radius 1 is 1.32 bits per heavy atom. The monoisotopic (exact) mass is 266 g/mol. The van der Waals surface area contributed by atoms with Crippen LogP contribution in [0.4, 0.5) is 0 Å². The second kappa shape index (κ2) is 7.63. The van der Waals surface area contributed by atoms with E-state index in [1.165, 1.54) is 0 Å². The average molecular weight is 266 g/mol. The zero-order chi connectivity index (χ0) is 14.3. The molecule has 0 saturated heterocycles. The third kappa shape index (κ3) is 4.79. The Morgan fingerprint density at radius 2 is 1.89 bits per heavy atom. The van der Waals surface area contributed by atoms with Crippen molar-refractivity contribution in [3.63, 3.8) is 0 Å². The van der Waals surface area contributed by atoms with Crippen molar-refractivity contribution >= 4 is 5.91 Å². The van der Waals surface area contributed by atoms with E-state index in [2.05, 4.69) is 0 Å². The summed E-state index contributed by atoms with van der Waals surface area (Å²) in [5, 5.41) is 0. The molecule has 1 aromatic rings. The van der Waals surface area contributed by atoms with E-state index < -0.39 is 0 Å². The lowest BCUT2D eigenvalue weighted by atomic mass is 10.1. The van der Waals surface area contributed by atoms with Gasteiger partial charge in [-0.3, -0.25) is 4.79 Å². The highest BCUT2D eigenvalue weighted by Gasteiger charge is 2.15. The number of carbonyl (C=O) groups excluding carboxylic acids is 1. The summed E-state index contributed by atoms with van der Waals surface area (Å²) in [4.78, 5) is 13.4. The molecule has 0 heterocycles. The maximum Gasteiger partial charge on any atom is 0.226 e. The molecule has 0 bridgehead atoms. The third-order valence-corrected chi connectivity index (χ3v) is 2.91. The van der Waals surface area contributed by atoms with Gasteiger partial charge in [-0.25, -0.2) is 0 Å². The maximum absolute atomic E-state index is 11.8. The maximum atomic E-state index is 11.8. The summed E-state index contributed by atoms with van der Waals surface area (Å²) in [6.45, 7) is 3.17. The van der Waals surface area contributed by atoms with E-state index in [1.54, 1.807) is 19.1 Å². The van der Waals surface area contributed by atoms with Gasteiger partial charge in [0.15, 0.2) is 0 Å². The minimum absolute atomic E-state index is 0.0424. The molecule has 19 heavy (non-hydrogen) atoms. The highest BCUT2D eigenvalue weighted by atomic mass is 16.5. The molecular weight excluding hydrogens is 244 g/mol. The Morgan fingerprint density at radius 3 is 2.42 bits per heavy atom. The number of hydrogen-bond donors (Lipinski definition) is 1. The van der Waals surface area contributed by atoms with Gasteiger partial charge >= 0.3 is 0 Å². The molecule has 106 valence electrons. The van der Waals surface area contributed by atoms with Crippen LogP contribution in [0.5, 0.6) is 11.5 Å². The molecule has 0 aliphatic rings. The normalized spacial score (nSPS) is 11.8. The van der Waals surface area contributed by atoms with Gasteiger partial charge < -0.3 is 20.1 Å². The summed E-state index contributed by atoms with van der Waals surface area (Å²) in [6, 6.07) is 7.34. The van der Waals surface area contributed by atoms with Gasteiger partial charge in [0.1, 0.15) is 18.1 Å². The third-order valence-electron chi connectivity index (χ3n) is 2.91. The molecule has 2 N–H and O–H groups in total. The first-order valence-corrected chi connectivity index (χ1v) is 6.30. The van der Waals surface area contributed by atoms with Crippen LogP contribution in [0.3, 0.4) is 0 Å². The summed E-state index contributed by atoms with van der Waals surface area (Å²) in [6.07, 6.45) is 0. The second-order valence-corrected chi connectivity index (χ2v) is 4.42. The fraction of sp³-hybridized carbons (Fsp3) is 0.500. The smallest absolute Gasteiger partial charge is 0.226 e. The Balaban J connectivity index is 2.35. The zero-order valence-electron chi connectivity index (χ0n) is 11.8. The Hall–Kier alpha value is -1.75. The van der Waals surface area contributed by atoms with Crippen LogP contribution in [-0.4, -0.2) is 44.7 Å². The van der Waals surface area contributed by atoms with Gasteiger partial charge in [-0.15, -0.1) is 0 Å². The largest absolute Gasteiger partial charge is 0.497 e. The topological polar surface area (TPSA) is 64.8 Å². The minimum Gasteiger partial charge on any atom is -0.497 e. The van der Waals surface area contributed by atoms with E-state index in [0.29, 0.717) is 19.7 Å². The standard InChI is InChI=1S/C14H22N2O3/c1-11(10-15)14(17)16(2)8-9-19-13-6-4-12(18-3)5-7-13/h4-7,11H,8-10,15H2,1-3H3. The van der Waals surface area contributed by atoms with Gasteiger partial charge in [-0.1, -0.05) is 6.92 Å². The van der Waals surface area contributed by atoms with Gasteiger partial charge in [0.05, 0.1) is 13.7 Å². The fourth-order valence-electron chi connectivity index (χ4n) is 1.56. The van der Waals surface area contributed by atoms with Crippen molar-refractivity contribution in [2.45, 2.75) is 6.92 Å². The predicted octanol–water partition coefficient (Wildman–Crippen LogP) is 1.13. The van der Waals surface area contributed by atoms with Gasteiger partial charge in [0.2, 0.25) is 5.91 Å². The van der Waals surface area contributed by atoms with Crippen LogP contribution in [0.1, 0.15) is 6.92 Å². The van der Waals surface area contributed by atoms with E-state index >= 15 is 0 Å². The number of carbonyl (C=O) groups is 1. The van der Waals surface area contributed by atoms with Crippen molar-refractivity contribution in [3.05, 3.63) is 24.3 Å². The quantitative estimate of drug-likeness (QED) is 0.803. The number of amides is 1. The molecule has 1 atom stereocenters. The number of methoxy groups -OCH3 is 1. The summed E-state index contributed by atoms with van der Waals surface area (Å²) in [5.74, 6) is 1.44. The van der Waals surface area contributed by atoms with Crippen LogP contribution in [-0.2, 0) is 4.79 Å². The van der Waals surface area contributed by atoms with Crippen molar-refractivity contribution in [3.8, 4) is 11.5 Å². The van der Waals surface area contributed by atoms with Crippen LogP contribution in [0, 0.1) is 5.92 Å². The first-order chi connectivity index (χ1) is 9.08. The molecule has 0 saturated carbocycles. The van der Waals surface area contributed by atoms with Crippen LogP contribution in [0.2, 0.25) is 0 Å². The number of hydrogen-bond acceptors (Lipinski definition) is 4. The van der Waals surface area contributed by atoms with Crippen molar-refractivity contribution in [2.24, 2.45) is 11.7 Å². The molecule has 0 spiro atoms. The molecular formula is C14H22N2O3. The fourth-order valence-corrected chi connectivity index (χ4v) is 1.56. The molecule has 0 aliphatic heterocycles. The average Bonchev–Trinajstić information content (AvgIpc) is 2.46. The van der Waals surface area contributed by atoms with Crippen LogP contribution in [0.25, 0.3) is 0 Å². The van der Waals surface area contributed by atoms with Gasteiger partial charge in [0.25, 0.3) is 0 Å². The number of likely N-dealkylation sites (N-methyl/N-ethyl adjacent to an activating group) is 1. The molecule has 5 nitrogen and oxygen atoms in total. The summed E-state index contributed by atoms with van der Waals surface area (Å²) < 4.78 is 10.6. The Kier molecular flexibility index (Phi) is 6.15. The summed E-state index contributed by atoms with van der Waals surface area (Å²) in [5.41, 5.74) is 5.47. The van der Waals surface area contributed by atoms with Gasteiger partial charge in [0, 0.05) is 19.5 Å². The molecule has 0 aliphatic carbocycles. The Labute approximate surface area is 114 Å². The molecule has 0 aromatic heterocycles. The molecule has 5 heteroatoms. The number of nitrogens with two attached hydrogens (primary N) is 1. The van der Waals surface area contributed by atoms with Crippen LogP contribution < -0.4 is 15.2 Å². The first-order valence-electron chi connectivity index (χ1n) is 6.30. The molecule has 1 rings (SSSR count). The number of nitrogens with zero attached hydrogens (tertiary/aromatic N) is 1. The SMILES string of the molecule is COc1ccc(OCCN(C)C(=O)C(C)CN)cc1. The summed E-state index contributed by atoms with van der Waals surface area (Å²) in [7, 11) is 3.38. The zero-order valence-corrected chi connectivity index (χ0v) is 11.8.